The molecule has 2 N–H and O–H groups in total. The number of hydrogen-bond donors (Lipinski definition) is 2. The number of urea groups is 1. The van der Waals surface area contributed by atoms with E-state index < -0.39 is 24.1 Å². The molecule has 0 aliphatic carbocycles. The van der Waals surface area contributed by atoms with Crippen molar-refractivity contribution in [3.05, 3.63) is 82.0 Å². The van der Waals surface area contributed by atoms with Crippen LogP contribution in [0, 0.1) is 0 Å². The van der Waals surface area contributed by atoms with Crippen LogP contribution in [0.25, 0.3) is 0 Å². The number of rotatable bonds is 8. The van der Waals surface area contributed by atoms with E-state index in [2.05, 4.69) is 5.32 Å². The van der Waals surface area contributed by atoms with Crippen molar-refractivity contribution < 1.29 is 24.2 Å². The normalized spacial score (nSPS) is 15.8. The molecule has 1 unspecified atom stereocenters. The molecule has 2 aromatic carbocycles. The molecular weight excluding hydrogens is 446 g/mol. The Bertz CT molecular complexity index is 1060. The standard InChI is InChI=1S/C24H26ClN3O5/c1-16-20(22(29)30)21(18-10-6-11-19(25)14-18)28(23(31)26-16)13-7-12-27(2)24(32)33-15-17-8-4-3-5-9-17/h3-6,8-11,14,21H,7,12-13,15H2,1-2H3,(H,26,31)(H,29,30). The molecular formula is C24H26ClN3O5. The maximum Gasteiger partial charge on any atom is 0.409 e. The van der Waals surface area contributed by atoms with Crippen molar-refractivity contribution in [2.24, 2.45) is 0 Å². The molecule has 0 saturated heterocycles. The van der Waals surface area contributed by atoms with Crippen LogP contribution >= 0.6 is 11.6 Å². The average Bonchev–Trinajstić information content (AvgIpc) is 2.78. The van der Waals surface area contributed by atoms with Gasteiger partial charge in [0.2, 0.25) is 0 Å². The number of amides is 3. The number of halogens is 1. The van der Waals surface area contributed by atoms with Gasteiger partial charge in [0.05, 0.1) is 11.6 Å². The van der Waals surface area contributed by atoms with Gasteiger partial charge in [-0.3, -0.25) is 0 Å². The molecule has 33 heavy (non-hydrogen) atoms. The zero-order valence-corrected chi connectivity index (χ0v) is 19.2. The number of carbonyl (C=O) groups excluding carboxylic acids is 2. The van der Waals surface area contributed by atoms with Crippen LogP contribution in [-0.2, 0) is 16.1 Å². The number of allylic oxidation sites excluding steroid dienone is 1. The van der Waals surface area contributed by atoms with Crippen molar-refractivity contribution in [1.82, 2.24) is 15.1 Å². The number of carbonyl (C=O) groups is 3. The fourth-order valence-corrected chi connectivity index (χ4v) is 3.91. The lowest BCUT2D eigenvalue weighted by atomic mass is 9.93. The molecule has 0 saturated carbocycles. The molecule has 0 aromatic heterocycles. The molecule has 1 aliphatic heterocycles. The number of carboxylic acids is 1. The topological polar surface area (TPSA) is 99.2 Å². The van der Waals surface area contributed by atoms with E-state index in [-0.39, 0.29) is 24.4 Å². The molecule has 2 aromatic rings. The van der Waals surface area contributed by atoms with Gasteiger partial charge in [0, 0.05) is 30.9 Å². The third kappa shape index (κ3) is 6.04. The van der Waals surface area contributed by atoms with Gasteiger partial charge < -0.3 is 25.0 Å². The van der Waals surface area contributed by atoms with E-state index in [1.165, 1.54) is 9.80 Å². The van der Waals surface area contributed by atoms with Crippen LogP contribution in [0.5, 0.6) is 0 Å². The molecule has 8 nitrogen and oxygen atoms in total. The fraction of sp³-hybridized carbons (Fsp3) is 0.292. The van der Waals surface area contributed by atoms with E-state index >= 15 is 0 Å². The Labute approximate surface area is 197 Å². The van der Waals surface area contributed by atoms with E-state index in [1.54, 1.807) is 38.2 Å². The van der Waals surface area contributed by atoms with Crippen LogP contribution in [-0.4, -0.2) is 53.1 Å². The lowest BCUT2D eigenvalue weighted by molar-refractivity contribution is -0.133. The molecule has 0 bridgehead atoms. The molecule has 1 atom stereocenters. The second kappa shape index (κ2) is 10.9. The van der Waals surface area contributed by atoms with Crippen LogP contribution in [0.1, 0.15) is 30.5 Å². The molecule has 0 fully saturated rings. The third-order valence-corrected chi connectivity index (χ3v) is 5.58. The Hall–Kier alpha value is -3.52. The van der Waals surface area contributed by atoms with Crippen LogP contribution in [0.4, 0.5) is 9.59 Å². The van der Waals surface area contributed by atoms with Gasteiger partial charge in [-0.25, -0.2) is 14.4 Å². The lowest BCUT2D eigenvalue weighted by Crippen LogP contribution is -2.49. The van der Waals surface area contributed by atoms with Crippen molar-refractivity contribution in [2.45, 2.75) is 26.0 Å². The minimum atomic E-state index is -1.12. The van der Waals surface area contributed by atoms with Gasteiger partial charge in [-0.1, -0.05) is 54.1 Å². The predicted molar refractivity (Wildman–Crippen MR) is 124 cm³/mol. The van der Waals surface area contributed by atoms with Crippen LogP contribution in [0.3, 0.4) is 0 Å². The van der Waals surface area contributed by atoms with E-state index in [9.17, 15) is 19.5 Å². The van der Waals surface area contributed by atoms with Crippen molar-refractivity contribution in [3.63, 3.8) is 0 Å². The number of benzene rings is 2. The number of nitrogens with one attached hydrogen (secondary N) is 1. The van der Waals surface area contributed by atoms with Gasteiger partial charge in [-0.15, -0.1) is 0 Å². The highest BCUT2D eigenvalue weighted by molar-refractivity contribution is 6.30. The first kappa shape index (κ1) is 24.1. The van der Waals surface area contributed by atoms with E-state index in [1.807, 2.05) is 30.3 Å². The second-order valence-corrected chi connectivity index (χ2v) is 8.18. The van der Waals surface area contributed by atoms with E-state index in [4.69, 9.17) is 16.3 Å². The summed E-state index contributed by atoms with van der Waals surface area (Å²) in [4.78, 5) is 39.9. The molecule has 1 heterocycles. The lowest BCUT2D eigenvalue weighted by Gasteiger charge is -2.37. The summed E-state index contributed by atoms with van der Waals surface area (Å²) in [5.41, 5.74) is 1.85. The van der Waals surface area contributed by atoms with Crippen molar-refractivity contribution in [2.75, 3.05) is 20.1 Å². The van der Waals surface area contributed by atoms with Gasteiger partial charge in [0.25, 0.3) is 0 Å². The monoisotopic (exact) mass is 471 g/mol. The zero-order valence-electron chi connectivity index (χ0n) is 18.5. The van der Waals surface area contributed by atoms with Crippen molar-refractivity contribution in [1.29, 1.82) is 0 Å². The maximum atomic E-state index is 12.8. The van der Waals surface area contributed by atoms with Gasteiger partial charge in [0.15, 0.2) is 0 Å². The molecule has 0 radical (unpaired) electrons. The van der Waals surface area contributed by atoms with Gasteiger partial charge in [-0.2, -0.15) is 0 Å². The first-order valence-corrected chi connectivity index (χ1v) is 10.8. The summed E-state index contributed by atoms with van der Waals surface area (Å²) < 4.78 is 5.31. The predicted octanol–water partition coefficient (Wildman–Crippen LogP) is 4.42. The van der Waals surface area contributed by atoms with Gasteiger partial charge in [0.1, 0.15) is 6.61 Å². The van der Waals surface area contributed by atoms with Crippen molar-refractivity contribution >= 4 is 29.7 Å². The largest absolute Gasteiger partial charge is 0.478 e. The summed E-state index contributed by atoms with van der Waals surface area (Å²) in [7, 11) is 1.62. The second-order valence-electron chi connectivity index (χ2n) is 7.74. The summed E-state index contributed by atoms with van der Waals surface area (Å²) in [5.74, 6) is -1.12. The number of hydrogen-bond acceptors (Lipinski definition) is 4. The van der Waals surface area contributed by atoms with E-state index in [0.717, 1.165) is 5.56 Å². The number of ether oxygens (including phenoxy) is 1. The fourth-order valence-electron chi connectivity index (χ4n) is 3.71. The summed E-state index contributed by atoms with van der Waals surface area (Å²) in [5, 5.41) is 12.9. The van der Waals surface area contributed by atoms with Crippen LogP contribution in [0.15, 0.2) is 65.9 Å². The molecule has 0 spiro atoms. The SMILES string of the molecule is CC1=C(C(=O)O)C(c2cccc(Cl)c2)N(CCCN(C)C(=O)OCc2ccccc2)C(=O)N1. The zero-order chi connectivity index (χ0) is 24.0. The van der Waals surface area contributed by atoms with Crippen LogP contribution in [0.2, 0.25) is 5.02 Å². The number of nitrogens with zero attached hydrogens (tertiary/aromatic N) is 2. The smallest absolute Gasteiger partial charge is 0.409 e. The molecule has 3 amide bonds. The molecule has 174 valence electrons. The molecule has 9 heteroatoms. The first-order chi connectivity index (χ1) is 15.8. The van der Waals surface area contributed by atoms with Crippen molar-refractivity contribution in [3.8, 4) is 0 Å². The number of aliphatic carboxylic acids is 1. The Morgan fingerprint density at radius 1 is 1.18 bits per heavy atom. The molecule has 1 aliphatic rings. The Kier molecular flexibility index (Phi) is 7.95. The minimum absolute atomic E-state index is 0.0764. The number of carboxylic acid groups (broad SMARTS) is 1. The van der Waals surface area contributed by atoms with Crippen LogP contribution < -0.4 is 5.32 Å². The summed E-state index contributed by atoms with van der Waals surface area (Å²) in [6, 6.07) is 15.0. The van der Waals surface area contributed by atoms with Gasteiger partial charge >= 0.3 is 18.1 Å². The average molecular weight is 472 g/mol. The highest BCUT2D eigenvalue weighted by atomic mass is 35.5. The Balaban J connectivity index is 1.67. The van der Waals surface area contributed by atoms with E-state index in [0.29, 0.717) is 23.6 Å². The minimum Gasteiger partial charge on any atom is -0.478 e. The quantitative estimate of drug-likeness (QED) is 0.593. The third-order valence-electron chi connectivity index (χ3n) is 5.35. The summed E-state index contributed by atoms with van der Waals surface area (Å²) >= 11 is 6.13. The van der Waals surface area contributed by atoms with Gasteiger partial charge in [-0.05, 0) is 36.6 Å². The highest BCUT2D eigenvalue weighted by Crippen LogP contribution is 2.34. The molecule has 3 rings (SSSR count). The Morgan fingerprint density at radius 2 is 1.91 bits per heavy atom. The highest BCUT2D eigenvalue weighted by Gasteiger charge is 2.37. The summed E-state index contributed by atoms with van der Waals surface area (Å²) in [6.07, 6.45) is -0.0526. The summed E-state index contributed by atoms with van der Waals surface area (Å²) in [6.45, 7) is 2.28. The Morgan fingerprint density at radius 3 is 2.58 bits per heavy atom. The first-order valence-electron chi connectivity index (χ1n) is 10.5. The maximum absolute atomic E-state index is 12.8.